The van der Waals surface area contributed by atoms with Crippen LogP contribution in [0.2, 0.25) is 0 Å². The average Bonchev–Trinajstić information content (AvgIpc) is 4.13. The van der Waals surface area contributed by atoms with Gasteiger partial charge >= 0.3 is 12.1 Å². The van der Waals surface area contributed by atoms with Crippen molar-refractivity contribution in [2.24, 2.45) is 5.92 Å². The summed E-state index contributed by atoms with van der Waals surface area (Å²) in [6, 6.07) is 10.0. The summed E-state index contributed by atoms with van der Waals surface area (Å²) in [5, 5.41) is 19.1. The van der Waals surface area contributed by atoms with Gasteiger partial charge in [0.2, 0.25) is 35.6 Å². The van der Waals surface area contributed by atoms with Gasteiger partial charge in [-0.2, -0.15) is 13.2 Å². The number of aliphatic hydroxyl groups is 1. The molecule has 5 atom stereocenters. The normalized spacial score (nSPS) is 18.9. The summed E-state index contributed by atoms with van der Waals surface area (Å²) in [4.78, 5) is 135. The Morgan fingerprint density at radius 1 is 0.900 bits per heavy atom. The highest BCUT2D eigenvalue weighted by Crippen LogP contribution is 2.48. The number of ketones is 3. The number of hydrogen-bond donors (Lipinski definition) is 4. The second-order valence-corrected chi connectivity index (χ2v) is 20.9. The first-order valence-corrected chi connectivity index (χ1v) is 26.8. The molecule has 1 fully saturated rings. The van der Waals surface area contributed by atoms with Crippen LogP contribution in [0.1, 0.15) is 136 Å². The zero-order valence-electron chi connectivity index (χ0n) is 44.5. The molecule has 0 spiro atoms. The molecule has 8 rings (SSSR count). The maximum absolute atomic E-state index is 15.4. The zero-order chi connectivity index (χ0) is 57.8. The smallest absolute Gasteiger partial charge is 0.421 e. The van der Waals surface area contributed by atoms with Gasteiger partial charge in [-0.05, 0) is 79.7 Å². The number of rotatable bonds is 25. The van der Waals surface area contributed by atoms with Crippen molar-refractivity contribution < 1.29 is 75.3 Å². The van der Waals surface area contributed by atoms with Gasteiger partial charge in [0.1, 0.15) is 19.2 Å². The van der Waals surface area contributed by atoms with Crippen LogP contribution in [-0.2, 0) is 84.2 Å². The Bertz CT molecular complexity index is 3240. The molecule has 80 heavy (non-hydrogen) atoms. The van der Waals surface area contributed by atoms with Gasteiger partial charge in [-0.1, -0.05) is 50.6 Å². The summed E-state index contributed by atoms with van der Waals surface area (Å²) in [6.45, 7) is 3.12. The van der Waals surface area contributed by atoms with E-state index in [1.165, 1.54) is 28.5 Å². The van der Waals surface area contributed by atoms with Crippen molar-refractivity contribution in [3.63, 3.8) is 0 Å². The molecular formula is C57H62F4N6O13. The van der Waals surface area contributed by atoms with Crippen molar-refractivity contribution >= 4 is 63.8 Å². The number of carbonyl (C=O) groups is 9. The van der Waals surface area contributed by atoms with Crippen LogP contribution in [0, 0.1) is 18.7 Å². The highest BCUT2D eigenvalue weighted by atomic mass is 19.4. The SMILES string of the molecule is CC[C@@]1(O)C(=O)OCc2c1cc1n(c2=O)Cc2c-1nc1cc(F)c(C)c3c1c2[C@@H](CC(=O)C(OCNC(=O)CCC(=O)[C@H](Cc1ccccc1)NC(=O)CCC(=O)CNC(=O)CCCCCN1C(=O)CC(C)C1=O)C(F)(F)F)CC3. The number of halogens is 4. The fraction of sp³-hybridized carbons (Fsp3) is 0.491. The molecule has 23 heteroatoms. The van der Waals surface area contributed by atoms with Crippen LogP contribution in [0.4, 0.5) is 17.6 Å². The van der Waals surface area contributed by atoms with Crippen LogP contribution < -0.4 is 21.5 Å². The Kier molecular flexibility index (Phi) is 17.9. The number of Topliss-reactive ketones (excluding diaryl/α,β-unsaturated/α-hetero) is 3. The second kappa shape index (κ2) is 24.5. The molecule has 1 saturated heterocycles. The lowest BCUT2D eigenvalue weighted by Crippen LogP contribution is -2.44. The van der Waals surface area contributed by atoms with Gasteiger partial charge in [-0.25, -0.2) is 14.2 Å². The number of benzene rings is 2. The number of alkyl halides is 3. The fourth-order valence-electron chi connectivity index (χ4n) is 11.1. The number of hydrogen-bond acceptors (Lipinski definition) is 14. The van der Waals surface area contributed by atoms with E-state index in [1.807, 2.05) is 0 Å². The highest BCUT2D eigenvalue weighted by Gasteiger charge is 2.48. The first-order chi connectivity index (χ1) is 38.0. The van der Waals surface area contributed by atoms with Crippen LogP contribution >= 0.6 is 0 Å². The largest absolute Gasteiger partial charge is 0.458 e. The highest BCUT2D eigenvalue weighted by molar-refractivity contribution is 6.03. The topological polar surface area (TPSA) is 267 Å². The number of carbonyl (C=O) groups excluding carboxylic acids is 9. The van der Waals surface area contributed by atoms with Gasteiger partial charge in [-0.3, -0.25) is 48.1 Å². The third-order valence-electron chi connectivity index (χ3n) is 15.5. The van der Waals surface area contributed by atoms with Crippen LogP contribution in [0.25, 0.3) is 22.3 Å². The van der Waals surface area contributed by atoms with E-state index in [9.17, 15) is 66.2 Å². The third-order valence-corrected chi connectivity index (χ3v) is 15.5. The molecule has 0 saturated carbocycles. The van der Waals surface area contributed by atoms with Crippen molar-refractivity contribution in [3.8, 4) is 11.4 Å². The number of pyridine rings is 2. The van der Waals surface area contributed by atoms with Crippen LogP contribution in [0.15, 0.2) is 47.3 Å². The van der Waals surface area contributed by atoms with E-state index in [4.69, 9.17) is 14.5 Å². The molecule has 19 nitrogen and oxygen atoms in total. The number of unbranched alkanes of at least 4 members (excludes halogenated alkanes) is 2. The van der Waals surface area contributed by atoms with Gasteiger partial charge < -0.3 is 35.1 Å². The maximum atomic E-state index is 15.4. The van der Waals surface area contributed by atoms with Gasteiger partial charge in [0.15, 0.2) is 23.0 Å². The first-order valence-electron chi connectivity index (χ1n) is 26.8. The number of esters is 1. The minimum atomic E-state index is -5.25. The van der Waals surface area contributed by atoms with E-state index >= 15 is 4.39 Å². The zero-order valence-corrected chi connectivity index (χ0v) is 44.5. The maximum Gasteiger partial charge on any atom is 0.421 e. The summed E-state index contributed by atoms with van der Waals surface area (Å²) >= 11 is 0. The Hall–Kier alpha value is -7.53. The number of amides is 5. The van der Waals surface area contributed by atoms with Crippen molar-refractivity contribution in [2.75, 3.05) is 19.8 Å². The molecule has 2 aromatic carbocycles. The van der Waals surface area contributed by atoms with Crippen LogP contribution in [0.5, 0.6) is 0 Å². The summed E-state index contributed by atoms with van der Waals surface area (Å²) < 4.78 is 71.1. The number of likely N-dealkylation sites (tertiary alicyclic amines) is 1. The van der Waals surface area contributed by atoms with Crippen molar-refractivity contribution in [1.29, 1.82) is 0 Å². The van der Waals surface area contributed by atoms with E-state index < -0.39 is 115 Å². The van der Waals surface area contributed by atoms with Gasteiger partial charge in [0, 0.05) is 80.0 Å². The molecule has 4 N–H and O–H groups in total. The minimum absolute atomic E-state index is 0.00436. The molecule has 2 aromatic heterocycles. The number of aromatic nitrogens is 2. The summed E-state index contributed by atoms with van der Waals surface area (Å²) in [5.41, 5.74) is 0.0908. The quantitative estimate of drug-likeness (QED) is 0.0196. The molecule has 3 aliphatic heterocycles. The minimum Gasteiger partial charge on any atom is -0.458 e. The number of cyclic esters (lactones) is 1. The van der Waals surface area contributed by atoms with Gasteiger partial charge in [-0.15, -0.1) is 0 Å². The first kappa shape index (κ1) is 58.6. The predicted octanol–water partition coefficient (Wildman–Crippen LogP) is 5.04. The number of aryl methyl sites for hydroxylation is 1. The van der Waals surface area contributed by atoms with Crippen molar-refractivity contribution in [2.45, 2.75) is 154 Å². The molecule has 2 unspecified atom stereocenters. The van der Waals surface area contributed by atoms with E-state index in [0.29, 0.717) is 46.9 Å². The lowest BCUT2D eigenvalue weighted by Gasteiger charge is -2.31. The summed E-state index contributed by atoms with van der Waals surface area (Å²) in [5.74, 6) is -7.58. The Balaban J connectivity index is 0.850. The molecule has 5 amide bonds. The molecule has 5 heterocycles. The van der Waals surface area contributed by atoms with Crippen LogP contribution in [0.3, 0.4) is 0 Å². The number of ether oxygens (including phenoxy) is 2. The number of imide groups is 1. The number of nitrogens with zero attached hydrogens (tertiary/aromatic N) is 3. The Morgan fingerprint density at radius 3 is 2.33 bits per heavy atom. The number of fused-ring (bicyclic) bond motifs is 5. The van der Waals surface area contributed by atoms with Crippen LogP contribution in [-0.4, -0.2) is 111 Å². The summed E-state index contributed by atoms with van der Waals surface area (Å²) in [6.07, 6.45) is -8.55. The molecule has 4 aromatic rings. The Labute approximate surface area is 456 Å². The van der Waals surface area contributed by atoms with E-state index in [1.54, 1.807) is 44.2 Å². The molecule has 4 aliphatic rings. The van der Waals surface area contributed by atoms with Gasteiger partial charge in [0.05, 0.1) is 41.6 Å². The second-order valence-electron chi connectivity index (χ2n) is 20.9. The molecular weight excluding hydrogens is 1050 g/mol. The number of nitrogens with one attached hydrogen (secondary N) is 3. The van der Waals surface area contributed by atoms with Crippen molar-refractivity contribution in [1.82, 2.24) is 30.4 Å². The third kappa shape index (κ3) is 12.6. The predicted molar refractivity (Wildman–Crippen MR) is 276 cm³/mol. The van der Waals surface area contributed by atoms with Gasteiger partial charge in [0.25, 0.3) is 5.56 Å². The molecule has 0 bridgehead atoms. The standard InChI is InChI=1S/C57H62F4N6O13/c1-4-56(78)38-24-42-51-36(27-67(42)54(76)37(38)28-79-55(56)77)49-33(14-16-35-31(3)39(58)25-41(65-51)50(35)49)23-44(70)52(57(59,60)61)80-29-63-46(72)19-17-43(69)40(22-32-11-7-5-8-12-32)64-47(73)18-15-34(68)26-62-45(71)13-9-6-10-20-66-48(74)21-30(2)53(66)75/h5,7-8,11-12,24-25,30,33,40,52,78H,4,6,9-10,13-23,26-29H2,1-3H3,(H,62,71)(H,63,72)(H,64,73)/t30?,33-,40+,52?,56+/m1/s1. The van der Waals surface area contributed by atoms with E-state index in [0.717, 1.165) is 0 Å². The van der Waals surface area contributed by atoms with E-state index in [2.05, 4.69) is 16.0 Å². The Morgan fingerprint density at radius 2 is 1.62 bits per heavy atom. The van der Waals surface area contributed by atoms with Crippen molar-refractivity contribution in [3.05, 3.63) is 97.6 Å². The average molecular weight is 1120 g/mol. The van der Waals surface area contributed by atoms with E-state index in [-0.39, 0.29) is 122 Å². The molecule has 1 aliphatic carbocycles. The molecule has 426 valence electrons. The lowest BCUT2D eigenvalue weighted by atomic mass is 9.76. The molecule has 0 radical (unpaired) electrons. The fourth-order valence-corrected chi connectivity index (χ4v) is 11.1. The monoisotopic (exact) mass is 1110 g/mol. The summed E-state index contributed by atoms with van der Waals surface area (Å²) in [7, 11) is 0. The lowest BCUT2D eigenvalue weighted by molar-refractivity contribution is -0.219.